The van der Waals surface area contributed by atoms with Crippen molar-refractivity contribution in [2.45, 2.75) is 20.5 Å². The summed E-state index contributed by atoms with van der Waals surface area (Å²) in [7, 11) is 1.63. The average Bonchev–Trinajstić information content (AvgIpc) is 3.60. The molecule has 1 aromatic carbocycles. The van der Waals surface area contributed by atoms with Crippen LogP contribution in [-0.2, 0) is 11.3 Å². The van der Waals surface area contributed by atoms with Gasteiger partial charge in [0.05, 0.1) is 37.6 Å². The van der Waals surface area contributed by atoms with Crippen molar-refractivity contribution in [3.8, 4) is 23.0 Å². The zero-order chi connectivity index (χ0) is 23.2. The summed E-state index contributed by atoms with van der Waals surface area (Å²) in [5.74, 6) is 2.00. The second kappa shape index (κ2) is 8.57. The molecule has 0 N–H and O–H groups in total. The molecular weight excluding hydrogens is 474 g/mol. The molecule has 176 valence electrons. The summed E-state index contributed by atoms with van der Waals surface area (Å²) in [5.41, 5.74) is 2.33. The van der Waals surface area contributed by atoms with Crippen molar-refractivity contribution in [2.24, 2.45) is 0 Å². The lowest BCUT2D eigenvalue weighted by atomic mass is 10.2. The van der Waals surface area contributed by atoms with Crippen LogP contribution in [0.3, 0.4) is 0 Å². The van der Waals surface area contributed by atoms with Gasteiger partial charge in [0.25, 0.3) is 0 Å². The summed E-state index contributed by atoms with van der Waals surface area (Å²) in [5, 5.41) is 7.28. The van der Waals surface area contributed by atoms with Gasteiger partial charge in [-0.15, -0.1) is 11.3 Å². The largest absolute Gasteiger partial charge is 0.496 e. The Morgan fingerprint density at radius 2 is 1.94 bits per heavy atom. The molecule has 34 heavy (non-hydrogen) atoms. The number of methoxy groups -OCH3 is 1. The van der Waals surface area contributed by atoms with Crippen molar-refractivity contribution >= 4 is 43.7 Å². The molecule has 1 fully saturated rings. The number of morpholine rings is 1. The number of imidazole rings is 1. The lowest BCUT2D eigenvalue weighted by Crippen LogP contribution is -2.36. The van der Waals surface area contributed by atoms with E-state index >= 15 is 0 Å². The van der Waals surface area contributed by atoms with Crippen LogP contribution in [-0.4, -0.2) is 53.0 Å². The summed E-state index contributed by atoms with van der Waals surface area (Å²) in [6.07, 6.45) is 1.88. The maximum Gasteiger partial charge on any atom is 0.212 e. The smallest absolute Gasteiger partial charge is 0.212 e. The first-order valence-electron chi connectivity index (χ1n) is 10.9. The molecule has 4 aromatic heterocycles. The van der Waals surface area contributed by atoms with E-state index in [-0.39, 0.29) is 0 Å². The van der Waals surface area contributed by atoms with E-state index in [0.717, 1.165) is 63.1 Å². The van der Waals surface area contributed by atoms with E-state index in [0.29, 0.717) is 29.4 Å². The van der Waals surface area contributed by atoms with Gasteiger partial charge in [-0.2, -0.15) is 5.10 Å². The third-order valence-corrected chi connectivity index (χ3v) is 7.64. The number of aryl methyl sites for hydroxylation is 2. The second-order valence-corrected chi connectivity index (χ2v) is 10.4. The molecule has 6 rings (SSSR count). The fourth-order valence-corrected chi connectivity index (χ4v) is 5.64. The Kier molecular flexibility index (Phi) is 5.39. The highest BCUT2D eigenvalue weighted by Crippen LogP contribution is 2.38. The number of benzene rings is 1. The predicted molar refractivity (Wildman–Crippen MR) is 132 cm³/mol. The average molecular weight is 498 g/mol. The number of ether oxygens (including phenoxy) is 3. The van der Waals surface area contributed by atoms with Gasteiger partial charge in [0.2, 0.25) is 4.96 Å². The Balaban J connectivity index is 1.29. The maximum atomic E-state index is 6.26. The molecule has 5 heterocycles. The van der Waals surface area contributed by atoms with Crippen LogP contribution in [0, 0.1) is 13.8 Å². The van der Waals surface area contributed by atoms with E-state index in [2.05, 4.69) is 21.9 Å². The fourth-order valence-electron chi connectivity index (χ4n) is 3.95. The van der Waals surface area contributed by atoms with Crippen molar-refractivity contribution in [2.75, 3.05) is 38.3 Å². The number of furan rings is 1. The molecule has 1 saturated heterocycles. The zero-order valence-electron chi connectivity index (χ0n) is 19.0. The molecule has 9 nitrogen and oxygen atoms in total. The number of anilines is 1. The predicted octanol–water partition coefficient (Wildman–Crippen LogP) is 4.70. The van der Waals surface area contributed by atoms with Crippen molar-refractivity contribution < 1.29 is 18.6 Å². The highest BCUT2D eigenvalue weighted by atomic mass is 32.1. The minimum absolute atomic E-state index is 0.360. The third-order valence-electron chi connectivity index (χ3n) is 5.73. The van der Waals surface area contributed by atoms with Crippen LogP contribution < -0.4 is 14.4 Å². The van der Waals surface area contributed by atoms with Gasteiger partial charge in [0, 0.05) is 30.1 Å². The summed E-state index contributed by atoms with van der Waals surface area (Å²) >= 11 is 3.23. The van der Waals surface area contributed by atoms with Crippen LogP contribution in [0.1, 0.15) is 15.6 Å². The molecule has 0 unspecified atom stereocenters. The lowest BCUT2D eigenvalue weighted by Gasteiger charge is -2.26. The van der Waals surface area contributed by atoms with E-state index in [1.807, 2.05) is 31.3 Å². The Morgan fingerprint density at radius 1 is 1.09 bits per heavy atom. The Labute approximate surface area is 203 Å². The molecule has 1 aliphatic rings. The minimum atomic E-state index is 0.360. The normalized spacial score (nSPS) is 14.4. The van der Waals surface area contributed by atoms with Gasteiger partial charge >= 0.3 is 0 Å². The summed E-state index contributed by atoms with van der Waals surface area (Å²) < 4.78 is 25.1. The highest BCUT2D eigenvalue weighted by Gasteiger charge is 2.19. The molecule has 0 bridgehead atoms. The summed E-state index contributed by atoms with van der Waals surface area (Å²) in [4.78, 5) is 13.7. The first kappa shape index (κ1) is 21.4. The highest BCUT2D eigenvalue weighted by molar-refractivity contribution is 7.16. The monoisotopic (exact) mass is 497 g/mol. The van der Waals surface area contributed by atoms with Crippen LogP contribution in [0.5, 0.6) is 11.5 Å². The molecule has 0 atom stereocenters. The number of hydrogen-bond acceptors (Lipinski definition) is 10. The van der Waals surface area contributed by atoms with Crippen molar-refractivity contribution in [1.29, 1.82) is 0 Å². The number of nitrogens with zero attached hydrogens (tertiary/aromatic N) is 5. The summed E-state index contributed by atoms with van der Waals surface area (Å²) in [6, 6.07) is 5.69. The zero-order valence-corrected chi connectivity index (χ0v) is 20.7. The van der Waals surface area contributed by atoms with E-state index < -0.39 is 0 Å². The van der Waals surface area contributed by atoms with Crippen LogP contribution >= 0.6 is 22.7 Å². The fraction of sp³-hybridized carbons (Fsp3) is 0.348. The SMILES string of the molecule is COc1cc(OCc2nc(N3CCOCC3)sc2C)c2cc(-c3cn4nc(C)sc4n3)oc2c1. The maximum absolute atomic E-state index is 6.26. The molecule has 0 spiro atoms. The molecular formula is C23H23N5O4S2. The number of thiazole rings is 1. The summed E-state index contributed by atoms with van der Waals surface area (Å²) in [6.45, 7) is 7.60. The first-order chi connectivity index (χ1) is 16.6. The Hall–Kier alpha value is -3.15. The molecule has 11 heteroatoms. The van der Waals surface area contributed by atoms with Gasteiger partial charge in [-0.1, -0.05) is 11.3 Å². The van der Waals surface area contributed by atoms with Gasteiger partial charge in [-0.25, -0.2) is 14.5 Å². The van der Waals surface area contributed by atoms with Crippen molar-refractivity contribution in [1.82, 2.24) is 19.6 Å². The third kappa shape index (κ3) is 3.89. The Morgan fingerprint density at radius 3 is 2.74 bits per heavy atom. The van der Waals surface area contributed by atoms with Crippen LogP contribution in [0.15, 0.2) is 28.8 Å². The topological polar surface area (TPSA) is 87.2 Å². The van der Waals surface area contributed by atoms with Crippen LogP contribution in [0.2, 0.25) is 0 Å². The van der Waals surface area contributed by atoms with E-state index in [1.165, 1.54) is 0 Å². The van der Waals surface area contributed by atoms with Gasteiger partial charge in [-0.3, -0.25) is 0 Å². The van der Waals surface area contributed by atoms with Gasteiger partial charge < -0.3 is 23.5 Å². The van der Waals surface area contributed by atoms with Crippen molar-refractivity contribution in [3.63, 3.8) is 0 Å². The van der Waals surface area contributed by atoms with Gasteiger partial charge in [0.15, 0.2) is 10.9 Å². The van der Waals surface area contributed by atoms with Crippen LogP contribution in [0.4, 0.5) is 5.13 Å². The lowest BCUT2D eigenvalue weighted by molar-refractivity contribution is 0.122. The molecule has 0 radical (unpaired) electrons. The molecule has 0 saturated carbocycles. The molecule has 5 aromatic rings. The first-order valence-corrected chi connectivity index (χ1v) is 12.6. The number of rotatable bonds is 6. The second-order valence-electron chi connectivity index (χ2n) is 8.01. The van der Waals surface area contributed by atoms with E-state index in [9.17, 15) is 0 Å². The van der Waals surface area contributed by atoms with E-state index in [4.69, 9.17) is 23.6 Å². The quantitative estimate of drug-likeness (QED) is 0.334. The van der Waals surface area contributed by atoms with Gasteiger partial charge in [0.1, 0.15) is 34.4 Å². The number of aromatic nitrogens is 4. The van der Waals surface area contributed by atoms with Crippen LogP contribution in [0.25, 0.3) is 27.4 Å². The standard InChI is InChI=1S/C23H23N5O4S2/c1-13-18(25-22(33-13)27-4-6-30-7-5-27)12-31-19-8-15(29-3)9-20-16(19)10-21(32-20)17-11-28-23(24-17)34-14(2)26-28/h8-11H,4-7,12H2,1-3H3. The molecule has 1 aliphatic heterocycles. The minimum Gasteiger partial charge on any atom is -0.496 e. The molecule has 0 aliphatic carbocycles. The van der Waals surface area contributed by atoms with E-state index in [1.54, 1.807) is 34.3 Å². The number of fused-ring (bicyclic) bond motifs is 2. The van der Waals surface area contributed by atoms with Crippen molar-refractivity contribution in [3.05, 3.63) is 40.0 Å². The Bertz CT molecular complexity index is 1450. The van der Waals surface area contributed by atoms with Gasteiger partial charge in [-0.05, 0) is 19.9 Å². The number of hydrogen-bond donors (Lipinski definition) is 0. The molecule has 0 amide bonds.